The van der Waals surface area contributed by atoms with Crippen LogP contribution in [0.5, 0.6) is 0 Å². The molecule has 0 heterocycles. The van der Waals surface area contributed by atoms with Crippen molar-refractivity contribution in [1.29, 1.82) is 0 Å². The third-order valence-electron chi connectivity index (χ3n) is 2.60. The minimum Gasteiger partial charge on any atom is -0.166 e. The van der Waals surface area contributed by atoms with Gasteiger partial charge in [0.05, 0.1) is 10.4 Å². The van der Waals surface area contributed by atoms with E-state index in [1.165, 1.54) is 12.1 Å². The van der Waals surface area contributed by atoms with Gasteiger partial charge in [0.15, 0.2) is 0 Å². The predicted molar refractivity (Wildman–Crippen MR) is 68.7 cm³/mol. The minimum atomic E-state index is -4.31. The van der Waals surface area contributed by atoms with E-state index >= 15 is 0 Å². The Morgan fingerprint density at radius 3 is 2.06 bits per heavy atom. The normalized spacial score (nSPS) is 13.3. The molecule has 0 saturated heterocycles. The lowest BCUT2D eigenvalue weighted by Crippen LogP contribution is -2.05. The first-order valence-corrected chi connectivity index (χ1v) is 6.26. The van der Waals surface area contributed by atoms with Crippen LogP contribution in [0.15, 0.2) is 54.6 Å². The first kappa shape index (κ1) is 13.1. The van der Waals surface area contributed by atoms with E-state index in [0.29, 0.717) is 5.56 Å². The average molecular weight is 315 g/mol. The molecule has 0 radical (unpaired) electrons. The van der Waals surface area contributed by atoms with Crippen molar-refractivity contribution < 1.29 is 13.2 Å². The maximum absolute atomic E-state index is 12.6. The number of alkyl halides is 4. The third-order valence-corrected chi connectivity index (χ3v) is 3.66. The van der Waals surface area contributed by atoms with Gasteiger partial charge in [-0.25, -0.2) is 0 Å². The monoisotopic (exact) mass is 314 g/mol. The van der Waals surface area contributed by atoms with Gasteiger partial charge in [-0.15, -0.1) is 0 Å². The molecule has 1 atom stereocenters. The Kier molecular flexibility index (Phi) is 3.76. The van der Waals surface area contributed by atoms with Crippen molar-refractivity contribution in [2.24, 2.45) is 0 Å². The lowest BCUT2D eigenvalue weighted by molar-refractivity contribution is -0.137. The Hall–Kier alpha value is -1.29. The van der Waals surface area contributed by atoms with Crippen LogP contribution in [0.1, 0.15) is 21.5 Å². The van der Waals surface area contributed by atoms with Gasteiger partial charge in [0, 0.05) is 0 Å². The molecule has 4 heteroatoms. The summed E-state index contributed by atoms with van der Waals surface area (Å²) in [6.07, 6.45) is -4.31. The summed E-state index contributed by atoms with van der Waals surface area (Å²) in [7, 11) is 0. The van der Waals surface area contributed by atoms with E-state index in [9.17, 15) is 13.2 Å². The molecule has 0 N–H and O–H groups in total. The fourth-order valence-corrected chi connectivity index (χ4v) is 2.28. The Labute approximate surface area is 112 Å². The molecule has 18 heavy (non-hydrogen) atoms. The molecule has 0 aliphatic heterocycles. The molecule has 0 aliphatic rings. The molecule has 0 nitrogen and oxygen atoms in total. The highest BCUT2D eigenvalue weighted by atomic mass is 79.9. The summed E-state index contributed by atoms with van der Waals surface area (Å²) in [5, 5.41) is 0. The van der Waals surface area contributed by atoms with Gasteiger partial charge in [-0.05, 0) is 17.2 Å². The molecular formula is C14H10BrF3. The van der Waals surface area contributed by atoms with Crippen molar-refractivity contribution >= 4 is 15.9 Å². The Balaban J connectivity index is 2.35. The smallest absolute Gasteiger partial charge is 0.166 e. The van der Waals surface area contributed by atoms with E-state index in [4.69, 9.17) is 0 Å². The third kappa shape index (κ3) is 2.93. The molecular weight excluding hydrogens is 305 g/mol. The van der Waals surface area contributed by atoms with Crippen LogP contribution in [0, 0.1) is 0 Å². The molecule has 0 saturated carbocycles. The summed E-state index contributed by atoms with van der Waals surface area (Å²) in [5.41, 5.74) is 0.897. The highest BCUT2D eigenvalue weighted by Gasteiger charge is 2.30. The predicted octanol–water partition coefficient (Wildman–Crippen LogP) is 5.19. The molecule has 0 aliphatic carbocycles. The van der Waals surface area contributed by atoms with Crippen LogP contribution in [-0.4, -0.2) is 0 Å². The maximum atomic E-state index is 12.6. The summed E-state index contributed by atoms with van der Waals surface area (Å²) in [6, 6.07) is 14.7. The Bertz CT molecular complexity index is 520. The van der Waals surface area contributed by atoms with Crippen molar-refractivity contribution in [3.63, 3.8) is 0 Å². The van der Waals surface area contributed by atoms with Gasteiger partial charge in [0.1, 0.15) is 0 Å². The van der Waals surface area contributed by atoms with Gasteiger partial charge in [0.25, 0.3) is 0 Å². The quantitative estimate of drug-likeness (QED) is 0.669. The summed E-state index contributed by atoms with van der Waals surface area (Å²) in [5.74, 6) is 0. The van der Waals surface area contributed by atoms with Gasteiger partial charge in [-0.1, -0.05) is 64.5 Å². The maximum Gasteiger partial charge on any atom is 0.416 e. The van der Waals surface area contributed by atoms with E-state index in [1.54, 1.807) is 6.07 Å². The van der Waals surface area contributed by atoms with Crippen LogP contribution in [-0.2, 0) is 6.18 Å². The number of hydrogen-bond donors (Lipinski definition) is 0. The zero-order valence-electron chi connectivity index (χ0n) is 9.29. The number of halogens is 4. The highest BCUT2D eigenvalue weighted by Crippen LogP contribution is 2.35. The number of benzene rings is 2. The summed E-state index contributed by atoms with van der Waals surface area (Å²) >= 11 is 3.43. The lowest BCUT2D eigenvalue weighted by atomic mass is 10.0. The van der Waals surface area contributed by atoms with Crippen LogP contribution in [0.25, 0.3) is 0 Å². The lowest BCUT2D eigenvalue weighted by Gasteiger charge is -2.13. The van der Waals surface area contributed by atoms with Crippen LogP contribution in [0.2, 0.25) is 0 Å². The van der Waals surface area contributed by atoms with Gasteiger partial charge in [-0.3, -0.25) is 0 Å². The average Bonchev–Trinajstić information content (AvgIpc) is 2.38. The van der Waals surface area contributed by atoms with Crippen molar-refractivity contribution in [2.45, 2.75) is 11.0 Å². The van der Waals surface area contributed by atoms with Gasteiger partial charge in [-0.2, -0.15) is 13.2 Å². The molecule has 2 rings (SSSR count). The minimum absolute atomic E-state index is 0.235. The number of rotatable bonds is 2. The first-order valence-electron chi connectivity index (χ1n) is 5.34. The number of hydrogen-bond acceptors (Lipinski definition) is 0. The summed E-state index contributed by atoms with van der Waals surface area (Å²) in [6.45, 7) is 0. The summed E-state index contributed by atoms with van der Waals surface area (Å²) in [4.78, 5) is -0.235. The second kappa shape index (κ2) is 5.14. The topological polar surface area (TPSA) is 0 Å². The van der Waals surface area contributed by atoms with Gasteiger partial charge < -0.3 is 0 Å². The SMILES string of the molecule is FC(F)(F)c1cccc(C(Br)c2ccccc2)c1. The van der Waals surface area contributed by atoms with Crippen LogP contribution in [0.4, 0.5) is 13.2 Å². The van der Waals surface area contributed by atoms with E-state index in [0.717, 1.165) is 11.6 Å². The fraction of sp³-hybridized carbons (Fsp3) is 0.143. The van der Waals surface area contributed by atoms with E-state index in [1.807, 2.05) is 30.3 Å². The van der Waals surface area contributed by atoms with Crippen molar-refractivity contribution in [3.8, 4) is 0 Å². The molecule has 0 aromatic heterocycles. The van der Waals surface area contributed by atoms with E-state index in [-0.39, 0.29) is 4.83 Å². The largest absolute Gasteiger partial charge is 0.416 e. The highest BCUT2D eigenvalue weighted by molar-refractivity contribution is 9.09. The Morgan fingerprint density at radius 2 is 1.44 bits per heavy atom. The fourth-order valence-electron chi connectivity index (χ4n) is 1.69. The molecule has 2 aromatic carbocycles. The zero-order chi connectivity index (χ0) is 13.2. The first-order chi connectivity index (χ1) is 8.48. The van der Waals surface area contributed by atoms with Gasteiger partial charge in [0.2, 0.25) is 0 Å². The molecule has 94 valence electrons. The molecule has 0 bridgehead atoms. The van der Waals surface area contributed by atoms with Crippen LogP contribution < -0.4 is 0 Å². The van der Waals surface area contributed by atoms with E-state index in [2.05, 4.69) is 15.9 Å². The molecule has 2 aromatic rings. The summed E-state index contributed by atoms with van der Waals surface area (Å²) < 4.78 is 37.9. The standard InChI is InChI=1S/C14H10BrF3/c15-13(10-5-2-1-3-6-10)11-7-4-8-12(9-11)14(16,17)18/h1-9,13H. The van der Waals surface area contributed by atoms with Crippen LogP contribution in [0.3, 0.4) is 0 Å². The van der Waals surface area contributed by atoms with Crippen molar-refractivity contribution in [2.75, 3.05) is 0 Å². The second-order valence-electron chi connectivity index (χ2n) is 3.90. The molecule has 0 amide bonds. The second-order valence-corrected chi connectivity index (χ2v) is 4.81. The zero-order valence-corrected chi connectivity index (χ0v) is 10.9. The van der Waals surface area contributed by atoms with E-state index < -0.39 is 11.7 Å². The Morgan fingerprint density at radius 1 is 0.833 bits per heavy atom. The van der Waals surface area contributed by atoms with Crippen molar-refractivity contribution in [1.82, 2.24) is 0 Å². The molecule has 0 spiro atoms. The van der Waals surface area contributed by atoms with Crippen LogP contribution >= 0.6 is 15.9 Å². The molecule has 0 fully saturated rings. The molecule has 1 unspecified atom stereocenters. The van der Waals surface area contributed by atoms with Crippen molar-refractivity contribution in [3.05, 3.63) is 71.3 Å². The van der Waals surface area contributed by atoms with Gasteiger partial charge >= 0.3 is 6.18 Å².